The van der Waals surface area contributed by atoms with Gasteiger partial charge in [-0.05, 0) is 38.2 Å². The van der Waals surface area contributed by atoms with E-state index in [1.807, 2.05) is 44.2 Å². The van der Waals surface area contributed by atoms with Gasteiger partial charge in [-0.15, -0.1) is 0 Å². The molecular weight excluding hydrogens is 382 g/mol. The number of benzene rings is 1. The summed E-state index contributed by atoms with van der Waals surface area (Å²) in [5.41, 5.74) is 2.67. The van der Waals surface area contributed by atoms with E-state index < -0.39 is 0 Å². The molecule has 29 heavy (non-hydrogen) atoms. The Hall–Kier alpha value is -2.08. The molecule has 0 aliphatic rings. The van der Waals surface area contributed by atoms with Crippen molar-refractivity contribution in [2.24, 2.45) is 13.0 Å². The molecule has 0 bridgehead atoms. The summed E-state index contributed by atoms with van der Waals surface area (Å²) in [6.45, 7) is 8.15. The second-order valence-electron chi connectivity index (χ2n) is 7.89. The number of thioether (sulfide) groups is 1. The molecule has 1 amide bonds. The number of rotatable bonds is 10. The molecule has 6 heteroatoms. The van der Waals surface area contributed by atoms with Crippen LogP contribution < -0.4 is 10.9 Å². The number of carbonyl (C=O) groups excluding carboxylic acids is 1. The average molecular weight is 416 g/mol. The molecule has 2 rings (SSSR count). The highest BCUT2D eigenvalue weighted by Gasteiger charge is 2.13. The van der Waals surface area contributed by atoms with Crippen LogP contribution >= 0.6 is 11.8 Å². The van der Waals surface area contributed by atoms with E-state index in [2.05, 4.69) is 24.1 Å². The van der Waals surface area contributed by atoms with Crippen LogP contribution in [0, 0.1) is 12.8 Å². The van der Waals surface area contributed by atoms with Gasteiger partial charge < -0.3 is 5.32 Å². The number of hydrogen-bond donors (Lipinski definition) is 1. The lowest BCUT2D eigenvalue weighted by atomic mass is 10.1. The van der Waals surface area contributed by atoms with E-state index in [0.29, 0.717) is 18.8 Å². The Morgan fingerprint density at radius 3 is 2.52 bits per heavy atom. The molecule has 1 aromatic heterocycles. The minimum atomic E-state index is 0.0194. The van der Waals surface area contributed by atoms with Crippen molar-refractivity contribution in [3.63, 3.8) is 0 Å². The fraction of sp³-hybridized carbons (Fsp3) is 0.522. The van der Waals surface area contributed by atoms with E-state index in [1.165, 1.54) is 0 Å². The molecule has 1 aromatic carbocycles. The van der Waals surface area contributed by atoms with Crippen LogP contribution in [0.2, 0.25) is 0 Å². The minimum absolute atomic E-state index is 0.0194. The fourth-order valence-electron chi connectivity index (χ4n) is 2.91. The minimum Gasteiger partial charge on any atom is -0.353 e. The van der Waals surface area contributed by atoms with Crippen molar-refractivity contribution in [3.05, 3.63) is 57.5 Å². The molecule has 158 valence electrons. The summed E-state index contributed by atoms with van der Waals surface area (Å²) >= 11 is 1.58. The zero-order valence-electron chi connectivity index (χ0n) is 18.2. The third kappa shape index (κ3) is 7.03. The van der Waals surface area contributed by atoms with Crippen molar-refractivity contribution >= 4 is 17.7 Å². The van der Waals surface area contributed by atoms with Crippen LogP contribution in [0.1, 0.15) is 56.9 Å². The number of carbonyl (C=O) groups is 1. The van der Waals surface area contributed by atoms with Crippen molar-refractivity contribution in [2.45, 2.75) is 64.6 Å². The lowest BCUT2D eigenvalue weighted by Crippen LogP contribution is -2.35. The van der Waals surface area contributed by atoms with Gasteiger partial charge in [-0.3, -0.25) is 14.2 Å². The summed E-state index contributed by atoms with van der Waals surface area (Å²) in [4.78, 5) is 29.4. The number of unbranched alkanes of at least 4 members (excludes halogenated alkanes) is 1. The number of nitrogens with one attached hydrogen (secondary N) is 1. The topological polar surface area (TPSA) is 64.0 Å². The maximum Gasteiger partial charge on any atom is 0.257 e. The van der Waals surface area contributed by atoms with Gasteiger partial charge in [0.05, 0.1) is 0 Å². The molecule has 0 aliphatic heterocycles. The molecule has 0 spiro atoms. The molecule has 1 N–H and O–H groups in total. The maximum absolute atomic E-state index is 12.8. The monoisotopic (exact) mass is 415 g/mol. The van der Waals surface area contributed by atoms with Crippen molar-refractivity contribution < 1.29 is 4.79 Å². The van der Waals surface area contributed by atoms with Crippen molar-refractivity contribution in [1.29, 1.82) is 0 Å². The molecule has 1 heterocycles. The van der Waals surface area contributed by atoms with E-state index in [4.69, 9.17) is 0 Å². The summed E-state index contributed by atoms with van der Waals surface area (Å²) in [6.07, 6.45) is 2.89. The molecule has 1 unspecified atom stereocenters. The molecule has 0 saturated carbocycles. The quantitative estimate of drug-likeness (QED) is 0.360. The highest BCUT2D eigenvalue weighted by atomic mass is 32.2. The molecule has 0 saturated heterocycles. The Kier molecular flexibility index (Phi) is 8.96. The average Bonchev–Trinajstić information content (AvgIpc) is 2.69. The van der Waals surface area contributed by atoms with Gasteiger partial charge in [0.1, 0.15) is 0 Å². The van der Waals surface area contributed by atoms with Crippen LogP contribution in [-0.4, -0.2) is 27.3 Å². The molecule has 0 aliphatic carbocycles. The van der Waals surface area contributed by atoms with Crippen molar-refractivity contribution in [1.82, 2.24) is 14.9 Å². The fourth-order valence-corrected chi connectivity index (χ4v) is 3.92. The number of nitrogens with zero attached hydrogens (tertiary/aromatic N) is 2. The molecular formula is C23H33N3O2S. The third-order valence-corrected chi connectivity index (χ3v) is 6.31. The van der Waals surface area contributed by atoms with Gasteiger partial charge in [0.25, 0.3) is 5.56 Å². The number of aromatic nitrogens is 2. The normalized spacial score (nSPS) is 12.2. The number of amides is 1. The van der Waals surface area contributed by atoms with Crippen LogP contribution in [0.15, 0.2) is 40.3 Å². The third-order valence-electron chi connectivity index (χ3n) is 5.19. The Labute approximate surface area is 178 Å². The summed E-state index contributed by atoms with van der Waals surface area (Å²) in [5.74, 6) is 1.39. The maximum atomic E-state index is 12.8. The van der Waals surface area contributed by atoms with Gasteiger partial charge >= 0.3 is 0 Å². The van der Waals surface area contributed by atoms with Gasteiger partial charge in [0.2, 0.25) is 5.91 Å². The summed E-state index contributed by atoms with van der Waals surface area (Å²) in [6, 6.07) is 10.2. The second-order valence-corrected chi connectivity index (χ2v) is 8.95. The highest BCUT2D eigenvalue weighted by Crippen LogP contribution is 2.18. The van der Waals surface area contributed by atoms with Crippen LogP contribution in [0.4, 0.5) is 0 Å². The van der Waals surface area contributed by atoms with Crippen molar-refractivity contribution in [2.75, 3.05) is 5.75 Å². The van der Waals surface area contributed by atoms with Gasteiger partial charge in [-0.1, -0.05) is 55.9 Å². The van der Waals surface area contributed by atoms with E-state index in [0.717, 1.165) is 40.6 Å². The molecule has 0 fully saturated rings. The molecule has 0 radical (unpaired) electrons. The summed E-state index contributed by atoms with van der Waals surface area (Å²) in [5, 5.41) is 3.77. The molecule has 2 aromatic rings. The van der Waals surface area contributed by atoms with Crippen molar-refractivity contribution in [3.8, 4) is 0 Å². The first-order valence-corrected chi connectivity index (χ1v) is 11.3. The Morgan fingerprint density at radius 1 is 1.17 bits per heavy atom. The molecule has 1 atom stereocenters. The van der Waals surface area contributed by atoms with E-state index in [9.17, 15) is 9.59 Å². The Balaban J connectivity index is 1.87. The van der Waals surface area contributed by atoms with E-state index in [-0.39, 0.29) is 17.5 Å². The van der Waals surface area contributed by atoms with Crippen LogP contribution in [-0.2, 0) is 18.3 Å². The first kappa shape index (κ1) is 23.2. The lowest BCUT2D eigenvalue weighted by Gasteiger charge is -2.17. The van der Waals surface area contributed by atoms with Gasteiger partial charge in [-0.2, -0.15) is 0 Å². The zero-order chi connectivity index (χ0) is 21.4. The lowest BCUT2D eigenvalue weighted by molar-refractivity contribution is -0.122. The van der Waals surface area contributed by atoms with Gasteiger partial charge in [0, 0.05) is 42.9 Å². The smallest absolute Gasteiger partial charge is 0.257 e. The second kappa shape index (κ2) is 11.2. The Bertz CT molecular complexity index is 862. The first-order chi connectivity index (χ1) is 13.8. The van der Waals surface area contributed by atoms with E-state index >= 15 is 0 Å². The zero-order valence-corrected chi connectivity index (χ0v) is 19.0. The largest absolute Gasteiger partial charge is 0.353 e. The highest BCUT2D eigenvalue weighted by molar-refractivity contribution is 7.99. The van der Waals surface area contributed by atoms with Crippen LogP contribution in [0.5, 0.6) is 0 Å². The van der Waals surface area contributed by atoms with Gasteiger partial charge in [-0.25, -0.2) is 4.98 Å². The van der Waals surface area contributed by atoms with Crippen LogP contribution in [0.3, 0.4) is 0 Å². The Morgan fingerprint density at radius 2 is 1.86 bits per heavy atom. The standard InChI is InChI=1S/C23H33N3O2S/c1-16(2)17(3)24-21(27)13-9-10-14-29-23-25-18(4)20(22(28)26(23)5)15-19-11-7-6-8-12-19/h6-8,11-12,16-17H,9-10,13-15H2,1-5H3,(H,24,27). The summed E-state index contributed by atoms with van der Waals surface area (Å²) < 4.78 is 1.65. The van der Waals surface area contributed by atoms with Gasteiger partial charge in [0.15, 0.2) is 5.16 Å². The first-order valence-electron chi connectivity index (χ1n) is 10.3. The number of hydrogen-bond acceptors (Lipinski definition) is 4. The SMILES string of the molecule is Cc1nc(SCCCCC(=O)NC(C)C(C)C)n(C)c(=O)c1Cc1ccccc1. The molecule has 5 nitrogen and oxygen atoms in total. The number of aryl methyl sites for hydroxylation is 1. The predicted molar refractivity (Wildman–Crippen MR) is 120 cm³/mol. The summed E-state index contributed by atoms with van der Waals surface area (Å²) in [7, 11) is 1.78. The predicted octanol–water partition coefficient (Wildman–Crippen LogP) is 4.10. The van der Waals surface area contributed by atoms with E-state index in [1.54, 1.807) is 23.4 Å². The van der Waals surface area contributed by atoms with Crippen LogP contribution in [0.25, 0.3) is 0 Å².